The minimum absolute atomic E-state index is 0.107. The van der Waals surface area contributed by atoms with Crippen molar-refractivity contribution in [1.29, 1.82) is 0 Å². The number of rotatable bonds is 3. The van der Waals surface area contributed by atoms with Gasteiger partial charge >= 0.3 is 0 Å². The third-order valence-electron chi connectivity index (χ3n) is 2.63. The molecule has 0 aliphatic heterocycles. The molecule has 2 rings (SSSR count). The number of nitrogens with zero attached hydrogens (tertiary/aromatic N) is 2. The van der Waals surface area contributed by atoms with Crippen molar-refractivity contribution in [3.8, 4) is 0 Å². The van der Waals surface area contributed by atoms with Crippen LogP contribution in [0.3, 0.4) is 0 Å². The predicted molar refractivity (Wildman–Crippen MR) is 76.5 cm³/mol. The van der Waals surface area contributed by atoms with E-state index >= 15 is 0 Å². The summed E-state index contributed by atoms with van der Waals surface area (Å²) in [6.45, 7) is 0.485. The highest BCUT2D eigenvalue weighted by Crippen LogP contribution is 2.14. The highest BCUT2D eigenvalue weighted by Gasteiger charge is 2.12. The lowest BCUT2D eigenvalue weighted by atomic mass is 10.2. The van der Waals surface area contributed by atoms with Crippen LogP contribution in [0.1, 0.15) is 15.9 Å². The standard InChI is InChI=1S/C14H12Cl2N2O/c1-18(9-10-3-2-4-12(15)7-10)14(19)11-5-6-17-13(16)8-11/h2-8H,9H2,1H3. The van der Waals surface area contributed by atoms with E-state index in [0.717, 1.165) is 5.56 Å². The Balaban J connectivity index is 2.12. The molecule has 0 saturated carbocycles. The molecule has 0 aliphatic rings. The molecule has 1 aromatic heterocycles. The summed E-state index contributed by atoms with van der Waals surface area (Å²) in [5.41, 5.74) is 1.49. The van der Waals surface area contributed by atoms with Gasteiger partial charge in [-0.15, -0.1) is 0 Å². The highest BCUT2D eigenvalue weighted by atomic mass is 35.5. The molecule has 3 nitrogen and oxygen atoms in total. The average Bonchev–Trinajstić information content (AvgIpc) is 2.38. The van der Waals surface area contributed by atoms with E-state index in [1.807, 2.05) is 18.2 Å². The van der Waals surface area contributed by atoms with Crippen LogP contribution in [0.4, 0.5) is 0 Å². The zero-order valence-electron chi connectivity index (χ0n) is 10.3. The number of benzene rings is 1. The SMILES string of the molecule is CN(Cc1cccc(Cl)c1)C(=O)c1ccnc(Cl)c1. The number of hydrogen-bond donors (Lipinski definition) is 0. The van der Waals surface area contributed by atoms with Gasteiger partial charge in [0.2, 0.25) is 0 Å². The van der Waals surface area contributed by atoms with Crippen molar-refractivity contribution < 1.29 is 4.79 Å². The van der Waals surface area contributed by atoms with Crippen LogP contribution >= 0.6 is 23.2 Å². The fourth-order valence-corrected chi connectivity index (χ4v) is 2.12. The fourth-order valence-electron chi connectivity index (χ4n) is 1.74. The maximum Gasteiger partial charge on any atom is 0.254 e. The van der Waals surface area contributed by atoms with Crippen molar-refractivity contribution in [1.82, 2.24) is 9.88 Å². The molecule has 0 unspecified atom stereocenters. The van der Waals surface area contributed by atoms with Crippen molar-refractivity contribution >= 4 is 29.1 Å². The van der Waals surface area contributed by atoms with Crippen molar-refractivity contribution in [2.45, 2.75) is 6.54 Å². The maximum atomic E-state index is 12.2. The van der Waals surface area contributed by atoms with Gasteiger partial charge in [0.1, 0.15) is 5.15 Å². The largest absolute Gasteiger partial charge is 0.337 e. The van der Waals surface area contributed by atoms with Crippen LogP contribution in [0.25, 0.3) is 0 Å². The number of halogens is 2. The van der Waals surface area contributed by atoms with Crippen molar-refractivity contribution in [2.24, 2.45) is 0 Å². The van der Waals surface area contributed by atoms with Crippen LogP contribution in [-0.2, 0) is 6.54 Å². The van der Waals surface area contributed by atoms with Crippen LogP contribution in [-0.4, -0.2) is 22.8 Å². The Hall–Kier alpha value is -1.58. The lowest BCUT2D eigenvalue weighted by Crippen LogP contribution is -2.26. The van der Waals surface area contributed by atoms with Gasteiger partial charge in [0.25, 0.3) is 5.91 Å². The molecule has 1 aromatic carbocycles. The molecule has 0 radical (unpaired) electrons. The number of pyridine rings is 1. The van der Waals surface area contributed by atoms with Crippen molar-refractivity contribution in [2.75, 3.05) is 7.05 Å². The molecule has 19 heavy (non-hydrogen) atoms. The Kier molecular flexibility index (Phi) is 4.40. The summed E-state index contributed by atoms with van der Waals surface area (Å²) in [4.78, 5) is 17.7. The Labute approximate surface area is 121 Å². The second-order valence-electron chi connectivity index (χ2n) is 4.16. The molecule has 1 amide bonds. The van der Waals surface area contributed by atoms with E-state index in [9.17, 15) is 4.79 Å². The molecule has 0 saturated heterocycles. The third-order valence-corrected chi connectivity index (χ3v) is 3.07. The van der Waals surface area contributed by atoms with Gasteiger partial charge in [-0.25, -0.2) is 4.98 Å². The summed E-state index contributed by atoms with van der Waals surface area (Å²) in [7, 11) is 1.73. The summed E-state index contributed by atoms with van der Waals surface area (Å²) in [6, 6.07) is 10.6. The minimum Gasteiger partial charge on any atom is -0.337 e. The molecule has 98 valence electrons. The fraction of sp³-hybridized carbons (Fsp3) is 0.143. The first-order chi connectivity index (χ1) is 9.06. The molecule has 0 spiro atoms. The van der Waals surface area contributed by atoms with Crippen LogP contribution in [0.2, 0.25) is 10.2 Å². The number of hydrogen-bond acceptors (Lipinski definition) is 2. The van der Waals surface area contributed by atoms with Crippen LogP contribution in [0.5, 0.6) is 0 Å². The van der Waals surface area contributed by atoms with Crippen LogP contribution < -0.4 is 0 Å². The quantitative estimate of drug-likeness (QED) is 0.810. The molecule has 0 atom stereocenters. The first-order valence-corrected chi connectivity index (χ1v) is 6.43. The Bertz CT molecular complexity index is 602. The highest BCUT2D eigenvalue weighted by molar-refractivity contribution is 6.30. The molecule has 0 fully saturated rings. The van der Waals surface area contributed by atoms with Gasteiger partial charge in [0, 0.05) is 30.4 Å². The normalized spacial score (nSPS) is 10.3. The average molecular weight is 295 g/mol. The first-order valence-electron chi connectivity index (χ1n) is 5.68. The first kappa shape index (κ1) is 13.8. The van der Waals surface area contributed by atoms with Crippen molar-refractivity contribution in [3.05, 3.63) is 63.9 Å². The topological polar surface area (TPSA) is 33.2 Å². The Morgan fingerprint density at radius 2 is 2.05 bits per heavy atom. The predicted octanol–water partition coefficient (Wildman–Crippen LogP) is 3.66. The molecular formula is C14H12Cl2N2O. The van der Waals surface area contributed by atoms with E-state index in [2.05, 4.69) is 4.98 Å². The number of carbonyl (C=O) groups is 1. The van der Waals surface area contributed by atoms with Gasteiger partial charge in [-0.05, 0) is 29.8 Å². The van der Waals surface area contributed by atoms with Gasteiger partial charge in [-0.2, -0.15) is 0 Å². The third kappa shape index (κ3) is 3.69. The van der Waals surface area contributed by atoms with Crippen LogP contribution in [0, 0.1) is 0 Å². The molecule has 0 bridgehead atoms. The minimum atomic E-state index is -0.107. The van der Waals surface area contributed by atoms with Crippen molar-refractivity contribution in [3.63, 3.8) is 0 Å². The Morgan fingerprint density at radius 3 is 2.74 bits per heavy atom. The summed E-state index contributed by atoms with van der Waals surface area (Å²) in [5, 5.41) is 0.965. The molecule has 5 heteroatoms. The molecule has 2 aromatic rings. The monoisotopic (exact) mass is 294 g/mol. The van der Waals surface area contributed by atoms with Crippen LogP contribution in [0.15, 0.2) is 42.6 Å². The van der Waals surface area contributed by atoms with Gasteiger partial charge in [-0.1, -0.05) is 35.3 Å². The van der Waals surface area contributed by atoms with E-state index in [-0.39, 0.29) is 5.91 Å². The lowest BCUT2D eigenvalue weighted by Gasteiger charge is -2.17. The number of amides is 1. The van der Waals surface area contributed by atoms with E-state index < -0.39 is 0 Å². The summed E-state index contributed by atoms with van der Waals surface area (Å²) < 4.78 is 0. The number of aromatic nitrogens is 1. The molecule has 0 N–H and O–H groups in total. The van der Waals surface area contributed by atoms with E-state index in [0.29, 0.717) is 22.3 Å². The molecule has 1 heterocycles. The molecule has 0 aliphatic carbocycles. The van der Waals surface area contributed by atoms with Gasteiger partial charge in [0.15, 0.2) is 0 Å². The van der Waals surface area contributed by atoms with E-state index in [1.165, 1.54) is 6.20 Å². The molecular weight excluding hydrogens is 283 g/mol. The zero-order valence-corrected chi connectivity index (χ0v) is 11.8. The Morgan fingerprint density at radius 1 is 1.26 bits per heavy atom. The second-order valence-corrected chi connectivity index (χ2v) is 4.98. The zero-order chi connectivity index (χ0) is 13.8. The van der Waals surface area contributed by atoms with Gasteiger partial charge in [-0.3, -0.25) is 4.79 Å². The summed E-state index contributed by atoms with van der Waals surface area (Å²) >= 11 is 11.7. The smallest absolute Gasteiger partial charge is 0.254 e. The van der Waals surface area contributed by atoms with E-state index in [1.54, 1.807) is 30.1 Å². The van der Waals surface area contributed by atoms with Gasteiger partial charge in [0.05, 0.1) is 0 Å². The maximum absolute atomic E-state index is 12.2. The summed E-state index contributed by atoms with van der Waals surface area (Å²) in [5.74, 6) is -0.107. The van der Waals surface area contributed by atoms with Gasteiger partial charge < -0.3 is 4.90 Å². The second kappa shape index (κ2) is 6.04. The lowest BCUT2D eigenvalue weighted by molar-refractivity contribution is 0.0785. The van der Waals surface area contributed by atoms with E-state index in [4.69, 9.17) is 23.2 Å². The number of carbonyl (C=O) groups excluding carboxylic acids is 1. The summed E-state index contributed by atoms with van der Waals surface area (Å²) in [6.07, 6.45) is 1.52.